The van der Waals surface area contributed by atoms with E-state index in [2.05, 4.69) is 36.2 Å². The summed E-state index contributed by atoms with van der Waals surface area (Å²) in [7, 11) is 0. The zero-order chi connectivity index (χ0) is 16.8. The van der Waals surface area contributed by atoms with Gasteiger partial charge in [0.05, 0.1) is 22.2 Å². The van der Waals surface area contributed by atoms with Crippen molar-refractivity contribution in [3.8, 4) is 10.6 Å². The number of aliphatic imine (C=N–C) groups is 1. The number of hydrogen-bond acceptors (Lipinski definition) is 4. The van der Waals surface area contributed by atoms with Crippen LogP contribution in [0, 0.1) is 6.92 Å². The molecule has 3 rings (SSSR count). The highest BCUT2D eigenvalue weighted by Crippen LogP contribution is 2.36. The minimum Gasteiger partial charge on any atom is -0.390 e. The van der Waals surface area contributed by atoms with Crippen molar-refractivity contribution in [2.24, 2.45) is 10.7 Å². The van der Waals surface area contributed by atoms with Gasteiger partial charge in [-0.05, 0) is 49.1 Å². The predicted octanol–water partition coefficient (Wildman–Crippen LogP) is 5.64. The monoisotopic (exact) mass is 343 g/mol. The number of nitrogens with zero attached hydrogens (tertiary/aromatic N) is 2. The molecule has 0 aliphatic rings. The number of thioether (sulfide) groups is 1. The van der Waals surface area contributed by atoms with Crippen LogP contribution >= 0.6 is 23.1 Å². The minimum atomic E-state index is 0.894. The van der Waals surface area contributed by atoms with Gasteiger partial charge in [-0.25, -0.2) is 9.98 Å². The molecule has 0 fully saturated rings. The smallest absolute Gasteiger partial charge is 0.124 e. The first-order valence-corrected chi connectivity index (χ1v) is 9.55. The summed E-state index contributed by atoms with van der Waals surface area (Å²) in [4.78, 5) is 10.0. The lowest BCUT2D eigenvalue weighted by molar-refractivity contribution is 1.36. The summed E-state index contributed by atoms with van der Waals surface area (Å²) in [5, 5.41) is 1.04. The molecule has 0 amide bonds. The van der Waals surface area contributed by atoms with Gasteiger partial charge in [-0.2, -0.15) is 0 Å². The molecule has 2 N–H and O–H groups in total. The first-order chi connectivity index (χ1) is 11.2. The van der Waals surface area contributed by atoms with E-state index in [1.54, 1.807) is 23.1 Å². The number of thiazole rings is 1. The van der Waals surface area contributed by atoms with Crippen molar-refractivity contribution in [3.05, 3.63) is 42.0 Å². The van der Waals surface area contributed by atoms with Crippen molar-refractivity contribution in [2.45, 2.75) is 25.7 Å². The Hall–Kier alpha value is -1.85. The molecular weight excluding hydrogens is 322 g/mol. The summed E-state index contributed by atoms with van der Waals surface area (Å²) in [5.41, 5.74) is 9.71. The Morgan fingerprint density at radius 2 is 1.96 bits per heavy atom. The summed E-state index contributed by atoms with van der Waals surface area (Å²) < 4.78 is 1.22. The van der Waals surface area contributed by atoms with Gasteiger partial charge >= 0.3 is 0 Å². The fourth-order valence-corrected chi connectivity index (χ4v) is 3.79. The van der Waals surface area contributed by atoms with Gasteiger partial charge in [0, 0.05) is 10.5 Å². The van der Waals surface area contributed by atoms with E-state index in [4.69, 9.17) is 10.7 Å². The molecule has 120 valence electrons. The second kappa shape index (κ2) is 8.13. The van der Waals surface area contributed by atoms with Gasteiger partial charge in [0.15, 0.2) is 0 Å². The first-order valence-electron chi connectivity index (χ1n) is 7.51. The molecule has 2 aromatic carbocycles. The van der Waals surface area contributed by atoms with E-state index in [0.29, 0.717) is 0 Å². The van der Waals surface area contributed by atoms with Gasteiger partial charge in [0.25, 0.3) is 0 Å². The Morgan fingerprint density at radius 3 is 2.65 bits per heavy atom. The molecule has 3 nitrogen and oxygen atoms in total. The third kappa shape index (κ3) is 3.92. The average Bonchev–Trinajstić information content (AvgIpc) is 3.00. The van der Waals surface area contributed by atoms with Crippen LogP contribution in [0.2, 0.25) is 0 Å². The topological polar surface area (TPSA) is 51.3 Å². The van der Waals surface area contributed by atoms with Crippen molar-refractivity contribution >= 4 is 45.3 Å². The molecule has 23 heavy (non-hydrogen) atoms. The number of fused-ring (bicyclic) bond motifs is 1. The van der Waals surface area contributed by atoms with Gasteiger partial charge in [-0.15, -0.1) is 23.1 Å². The van der Waals surface area contributed by atoms with E-state index < -0.39 is 0 Å². The second-order valence-corrected chi connectivity index (χ2v) is 6.53. The number of nitrogens with two attached hydrogens (primary N) is 1. The molecule has 0 saturated heterocycles. The molecule has 0 radical (unpaired) electrons. The largest absolute Gasteiger partial charge is 0.390 e. The average molecular weight is 344 g/mol. The highest BCUT2D eigenvalue weighted by atomic mass is 32.2. The van der Waals surface area contributed by atoms with Gasteiger partial charge < -0.3 is 5.73 Å². The lowest BCUT2D eigenvalue weighted by Crippen LogP contribution is -1.87. The number of aromatic nitrogens is 1. The fourth-order valence-electron chi connectivity index (χ4n) is 2.15. The molecule has 1 heterocycles. The quantitative estimate of drug-likeness (QED) is 0.380. The Balaban J connectivity index is 0.000000924. The highest BCUT2D eigenvalue weighted by molar-refractivity contribution is 7.98. The van der Waals surface area contributed by atoms with Crippen molar-refractivity contribution in [3.63, 3.8) is 0 Å². The van der Waals surface area contributed by atoms with Gasteiger partial charge in [-0.1, -0.05) is 19.9 Å². The Bertz CT molecular complexity index is 822. The molecule has 5 heteroatoms. The van der Waals surface area contributed by atoms with E-state index in [9.17, 15) is 0 Å². The Kier molecular flexibility index (Phi) is 6.19. The van der Waals surface area contributed by atoms with E-state index in [1.807, 2.05) is 32.2 Å². The number of aryl methyl sites for hydroxylation is 1. The fraction of sp³-hybridized carbons (Fsp3) is 0.222. The molecule has 0 bridgehead atoms. The second-order valence-electron chi connectivity index (χ2n) is 4.65. The third-order valence-corrected chi connectivity index (χ3v) is 5.02. The van der Waals surface area contributed by atoms with Crippen LogP contribution in [0.3, 0.4) is 0 Å². The predicted molar refractivity (Wildman–Crippen MR) is 105 cm³/mol. The molecule has 0 unspecified atom stereocenters. The van der Waals surface area contributed by atoms with Crippen LogP contribution in [-0.4, -0.2) is 17.6 Å². The summed E-state index contributed by atoms with van der Waals surface area (Å²) in [5.74, 6) is 0. The normalized spacial score (nSPS) is 10.8. The SMILES string of the molecule is CC.CSc1cc(-c2nc3ccc(C)cc3s2)ccc1N=CN. The van der Waals surface area contributed by atoms with Gasteiger partial charge in [-0.3, -0.25) is 0 Å². The van der Waals surface area contributed by atoms with Gasteiger partial charge in [0.2, 0.25) is 0 Å². The molecule has 3 aromatic rings. The standard InChI is InChI=1S/C16H15N3S2.C2H6/c1-10-3-5-13-15(7-10)21-16(19-13)11-4-6-12(18-9-17)14(8-11)20-2;1-2/h3-9H,1-2H3,(H2,17,18);1-2H3. The van der Waals surface area contributed by atoms with E-state index in [1.165, 1.54) is 16.6 Å². The number of hydrogen-bond donors (Lipinski definition) is 1. The summed E-state index contributed by atoms with van der Waals surface area (Å²) >= 11 is 3.38. The van der Waals surface area contributed by atoms with Crippen LogP contribution in [0.15, 0.2) is 46.3 Å². The Morgan fingerprint density at radius 1 is 1.17 bits per heavy atom. The molecule has 0 atom stereocenters. The number of benzene rings is 2. The third-order valence-electron chi connectivity index (χ3n) is 3.18. The molecule has 0 aliphatic heterocycles. The molecule has 1 aromatic heterocycles. The maximum absolute atomic E-state index is 5.39. The van der Waals surface area contributed by atoms with E-state index in [-0.39, 0.29) is 0 Å². The molecule has 0 aliphatic carbocycles. The highest BCUT2D eigenvalue weighted by Gasteiger charge is 2.09. The van der Waals surface area contributed by atoms with Crippen LogP contribution in [0.5, 0.6) is 0 Å². The maximum atomic E-state index is 5.39. The van der Waals surface area contributed by atoms with Crippen LogP contribution in [0.25, 0.3) is 20.8 Å². The Labute approximate surface area is 145 Å². The van der Waals surface area contributed by atoms with Crippen LogP contribution in [0.4, 0.5) is 5.69 Å². The van der Waals surface area contributed by atoms with Gasteiger partial charge in [0.1, 0.15) is 5.01 Å². The molecule has 0 saturated carbocycles. The zero-order valence-electron chi connectivity index (χ0n) is 13.8. The van der Waals surface area contributed by atoms with Crippen LogP contribution in [-0.2, 0) is 0 Å². The van der Waals surface area contributed by atoms with E-state index in [0.717, 1.165) is 26.7 Å². The van der Waals surface area contributed by atoms with Crippen molar-refractivity contribution < 1.29 is 0 Å². The van der Waals surface area contributed by atoms with Crippen molar-refractivity contribution in [1.29, 1.82) is 0 Å². The summed E-state index contributed by atoms with van der Waals surface area (Å²) in [6, 6.07) is 12.5. The minimum absolute atomic E-state index is 0.894. The van der Waals surface area contributed by atoms with Crippen LogP contribution in [0.1, 0.15) is 19.4 Å². The lowest BCUT2D eigenvalue weighted by atomic mass is 10.2. The zero-order valence-corrected chi connectivity index (χ0v) is 15.5. The van der Waals surface area contributed by atoms with E-state index >= 15 is 0 Å². The summed E-state index contributed by atoms with van der Waals surface area (Å²) in [6.07, 6.45) is 3.37. The molecule has 0 spiro atoms. The summed E-state index contributed by atoms with van der Waals surface area (Å²) in [6.45, 7) is 6.10. The molecular formula is C18H21N3S2. The lowest BCUT2D eigenvalue weighted by Gasteiger charge is -2.04. The maximum Gasteiger partial charge on any atom is 0.124 e. The number of rotatable bonds is 3. The van der Waals surface area contributed by atoms with Crippen LogP contribution < -0.4 is 5.73 Å². The van der Waals surface area contributed by atoms with Crippen molar-refractivity contribution in [1.82, 2.24) is 4.98 Å². The first kappa shape index (κ1) is 17.5. The van der Waals surface area contributed by atoms with Crippen molar-refractivity contribution in [2.75, 3.05) is 6.26 Å².